The van der Waals surface area contributed by atoms with E-state index in [1.807, 2.05) is 24.3 Å². The fourth-order valence-corrected chi connectivity index (χ4v) is 3.66. The lowest BCUT2D eigenvalue weighted by Crippen LogP contribution is -2.06. The lowest BCUT2D eigenvalue weighted by molar-refractivity contribution is -0.384. The van der Waals surface area contributed by atoms with Gasteiger partial charge in [-0.2, -0.15) is 5.10 Å². The monoisotopic (exact) mass is 432 g/mol. The van der Waals surface area contributed by atoms with Crippen molar-refractivity contribution in [2.24, 2.45) is 0 Å². The van der Waals surface area contributed by atoms with Crippen molar-refractivity contribution in [3.05, 3.63) is 67.8 Å². The summed E-state index contributed by atoms with van der Waals surface area (Å²) in [5.74, 6) is 0.846. The average molecular weight is 432 g/mol. The van der Waals surface area contributed by atoms with Crippen LogP contribution in [0.3, 0.4) is 0 Å². The zero-order valence-electron chi connectivity index (χ0n) is 12.6. The Morgan fingerprint density at radius 2 is 1.92 bits per heavy atom. The predicted octanol–water partition coefficient (Wildman–Crippen LogP) is 4.02. The van der Waals surface area contributed by atoms with E-state index in [0.717, 1.165) is 39.2 Å². The van der Waals surface area contributed by atoms with Gasteiger partial charge in [0.15, 0.2) is 0 Å². The van der Waals surface area contributed by atoms with Crippen molar-refractivity contribution in [2.75, 3.05) is 11.9 Å². The number of benzene rings is 2. The van der Waals surface area contributed by atoms with Gasteiger partial charge in [-0.3, -0.25) is 10.1 Å². The van der Waals surface area contributed by atoms with Crippen LogP contribution in [0.4, 0.5) is 11.5 Å². The second-order valence-corrected chi connectivity index (χ2v) is 6.65. The zero-order chi connectivity index (χ0) is 16.7. The van der Waals surface area contributed by atoms with Crippen molar-refractivity contribution in [1.82, 2.24) is 9.78 Å². The van der Waals surface area contributed by atoms with E-state index in [1.54, 1.807) is 22.9 Å². The molecule has 0 saturated carbocycles. The maximum atomic E-state index is 11.4. The number of nitrogens with zero attached hydrogens (tertiary/aromatic N) is 3. The molecule has 0 radical (unpaired) electrons. The highest BCUT2D eigenvalue weighted by Gasteiger charge is 2.27. The summed E-state index contributed by atoms with van der Waals surface area (Å²) in [5.41, 5.74) is 3.57. The van der Waals surface area contributed by atoms with E-state index < -0.39 is 0 Å². The molecular weight excluding hydrogens is 419 g/mol. The maximum absolute atomic E-state index is 11.4. The normalized spacial score (nSPS) is 12.7. The Labute approximate surface area is 151 Å². The number of nitro benzene ring substituents is 1. The molecule has 2 heterocycles. The van der Waals surface area contributed by atoms with Gasteiger partial charge in [-0.1, -0.05) is 30.3 Å². The van der Waals surface area contributed by atoms with Gasteiger partial charge in [0, 0.05) is 27.3 Å². The van der Waals surface area contributed by atoms with Crippen molar-refractivity contribution in [2.45, 2.75) is 6.42 Å². The molecule has 0 fully saturated rings. The predicted molar refractivity (Wildman–Crippen MR) is 101 cm³/mol. The SMILES string of the molecule is O=[N+]([O-])c1ccccc1-n1nc(-c2ccccc2I)c2c1NCC2. The standard InChI is InChI=1S/C17H13IN4O2/c18-13-6-2-1-5-11(13)16-12-9-10-19-17(12)21(20-16)14-7-3-4-8-15(14)22(23)24/h1-8,19H,9-10H2. The molecule has 1 aromatic heterocycles. The van der Waals surface area contributed by atoms with Gasteiger partial charge in [-0.15, -0.1) is 0 Å². The number of rotatable bonds is 3. The number of anilines is 1. The van der Waals surface area contributed by atoms with Gasteiger partial charge in [0.2, 0.25) is 0 Å². The molecule has 1 aliphatic heterocycles. The summed E-state index contributed by atoms with van der Waals surface area (Å²) in [6.07, 6.45) is 0.857. The molecular formula is C17H13IN4O2. The molecule has 2 aromatic carbocycles. The third-order valence-corrected chi connectivity index (χ3v) is 5.03. The van der Waals surface area contributed by atoms with Crippen molar-refractivity contribution in [3.8, 4) is 16.9 Å². The minimum absolute atomic E-state index is 0.0470. The third-order valence-electron chi connectivity index (χ3n) is 4.09. The first-order valence-electron chi connectivity index (χ1n) is 7.51. The fraction of sp³-hybridized carbons (Fsp3) is 0.118. The Hall–Kier alpha value is -2.42. The Balaban J connectivity index is 1.96. The number of para-hydroxylation sites is 2. The topological polar surface area (TPSA) is 73.0 Å². The molecule has 6 nitrogen and oxygen atoms in total. The van der Waals surface area contributed by atoms with Crippen molar-refractivity contribution in [3.63, 3.8) is 0 Å². The molecule has 4 rings (SSSR count). The van der Waals surface area contributed by atoms with Gasteiger partial charge < -0.3 is 5.32 Å². The number of halogens is 1. The summed E-state index contributed by atoms with van der Waals surface area (Å²) >= 11 is 2.29. The smallest absolute Gasteiger partial charge is 0.294 e. The molecule has 3 aromatic rings. The lowest BCUT2D eigenvalue weighted by Gasteiger charge is -2.07. The first kappa shape index (κ1) is 15.1. The Morgan fingerprint density at radius 3 is 2.71 bits per heavy atom. The van der Waals surface area contributed by atoms with Crippen LogP contribution in [0.15, 0.2) is 48.5 Å². The van der Waals surface area contributed by atoms with Gasteiger partial charge in [0.25, 0.3) is 5.69 Å². The summed E-state index contributed by atoms with van der Waals surface area (Å²) in [6.45, 7) is 0.810. The second kappa shape index (κ2) is 5.90. The van der Waals surface area contributed by atoms with Gasteiger partial charge in [-0.05, 0) is 41.1 Å². The van der Waals surface area contributed by atoms with Crippen LogP contribution < -0.4 is 5.32 Å². The lowest BCUT2D eigenvalue weighted by atomic mass is 10.1. The van der Waals surface area contributed by atoms with Crippen LogP contribution in [0.25, 0.3) is 16.9 Å². The summed E-state index contributed by atoms with van der Waals surface area (Å²) in [5, 5.41) is 19.4. The summed E-state index contributed by atoms with van der Waals surface area (Å²) in [7, 11) is 0. The van der Waals surface area contributed by atoms with Gasteiger partial charge in [-0.25, -0.2) is 4.68 Å². The molecule has 1 N–H and O–H groups in total. The Morgan fingerprint density at radius 1 is 1.17 bits per heavy atom. The fourth-order valence-electron chi connectivity index (χ4n) is 3.02. The van der Waals surface area contributed by atoms with E-state index in [4.69, 9.17) is 5.10 Å². The van der Waals surface area contributed by atoms with Gasteiger partial charge >= 0.3 is 0 Å². The number of fused-ring (bicyclic) bond motifs is 1. The molecule has 0 atom stereocenters. The summed E-state index contributed by atoms with van der Waals surface area (Å²) < 4.78 is 2.77. The van der Waals surface area contributed by atoms with E-state index in [-0.39, 0.29) is 10.6 Å². The average Bonchev–Trinajstić information content (AvgIpc) is 3.18. The van der Waals surface area contributed by atoms with E-state index in [1.165, 1.54) is 6.07 Å². The van der Waals surface area contributed by atoms with E-state index in [0.29, 0.717) is 5.69 Å². The largest absolute Gasteiger partial charge is 0.369 e. The minimum Gasteiger partial charge on any atom is -0.369 e. The number of nitro groups is 1. The van der Waals surface area contributed by atoms with Crippen LogP contribution in [-0.2, 0) is 6.42 Å². The van der Waals surface area contributed by atoms with E-state index in [2.05, 4.69) is 27.9 Å². The third kappa shape index (κ3) is 2.35. The molecule has 0 amide bonds. The highest BCUT2D eigenvalue weighted by atomic mass is 127. The maximum Gasteiger partial charge on any atom is 0.294 e. The van der Waals surface area contributed by atoms with Gasteiger partial charge in [0.05, 0.1) is 10.6 Å². The molecule has 0 spiro atoms. The molecule has 0 unspecified atom stereocenters. The highest BCUT2D eigenvalue weighted by Crippen LogP contribution is 2.37. The van der Waals surface area contributed by atoms with Crippen LogP contribution >= 0.6 is 22.6 Å². The highest BCUT2D eigenvalue weighted by molar-refractivity contribution is 14.1. The first-order chi connectivity index (χ1) is 11.7. The molecule has 7 heteroatoms. The van der Waals surface area contributed by atoms with Crippen molar-refractivity contribution < 1.29 is 4.92 Å². The van der Waals surface area contributed by atoms with E-state index in [9.17, 15) is 10.1 Å². The molecule has 120 valence electrons. The molecule has 0 bridgehead atoms. The van der Waals surface area contributed by atoms with Crippen LogP contribution in [0.2, 0.25) is 0 Å². The number of hydrogen-bond acceptors (Lipinski definition) is 4. The molecule has 0 aliphatic carbocycles. The Kier molecular flexibility index (Phi) is 3.72. The van der Waals surface area contributed by atoms with Crippen LogP contribution in [-0.4, -0.2) is 21.2 Å². The van der Waals surface area contributed by atoms with Crippen molar-refractivity contribution in [1.29, 1.82) is 0 Å². The molecule has 1 aliphatic rings. The van der Waals surface area contributed by atoms with Crippen LogP contribution in [0.1, 0.15) is 5.56 Å². The van der Waals surface area contributed by atoms with Gasteiger partial charge in [0.1, 0.15) is 11.5 Å². The summed E-state index contributed by atoms with van der Waals surface area (Å²) in [6, 6.07) is 14.7. The van der Waals surface area contributed by atoms with Crippen LogP contribution in [0, 0.1) is 13.7 Å². The first-order valence-corrected chi connectivity index (χ1v) is 8.59. The van der Waals surface area contributed by atoms with Crippen LogP contribution in [0.5, 0.6) is 0 Å². The molecule has 0 saturated heterocycles. The zero-order valence-corrected chi connectivity index (χ0v) is 14.7. The number of aromatic nitrogens is 2. The Bertz CT molecular complexity index is 952. The molecule has 24 heavy (non-hydrogen) atoms. The van der Waals surface area contributed by atoms with E-state index >= 15 is 0 Å². The quantitative estimate of drug-likeness (QED) is 0.386. The number of nitrogens with one attached hydrogen (secondary N) is 1. The van der Waals surface area contributed by atoms with Crippen molar-refractivity contribution >= 4 is 34.1 Å². The second-order valence-electron chi connectivity index (χ2n) is 5.49. The minimum atomic E-state index is -0.371. The number of hydrogen-bond donors (Lipinski definition) is 1. The summed E-state index contributed by atoms with van der Waals surface area (Å²) in [4.78, 5) is 11.0.